The van der Waals surface area contributed by atoms with Gasteiger partial charge in [-0.3, -0.25) is 25.4 Å². The maximum atomic E-state index is 12.7. The van der Waals surface area contributed by atoms with Crippen molar-refractivity contribution in [3.05, 3.63) is 65.2 Å². The van der Waals surface area contributed by atoms with E-state index in [1.165, 1.54) is 0 Å². The first-order valence-corrected chi connectivity index (χ1v) is 11.8. The van der Waals surface area contributed by atoms with E-state index < -0.39 is 0 Å². The second-order valence-electron chi connectivity index (χ2n) is 8.89. The summed E-state index contributed by atoms with van der Waals surface area (Å²) in [6.45, 7) is 10.9. The molecule has 8 nitrogen and oxygen atoms in total. The van der Waals surface area contributed by atoms with Crippen LogP contribution in [0.1, 0.15) is 68.1 Å². The fraction of sp³-hybridized carbons (Fsp3) is 0.423. The fourth-order valence-electron chi connectivity index (χ4n) is 4.19. The zero-order chi connectivity index (χ0) is 24.8. The molecule has 2 amide bonds. The van der Waals surface area contributed by atoms with Gasteiger partial charge < -0.3 is 15.1 Å². The van der Waals surface area contributed by atoms with Crippen LogP contribution < -0.4 is 5.32 Å². The summed E-state index contributed by atoms with van der Waals surface area (Å²) in [5, 5.41) is 19.1. The SMILES string of the molecule is C=C(/C=C\C=C(/C)C(=N)N1C(=N)CCC1C)NC(=O)c1cc2c(cn1)CCN(C(=O)CCC)C2. The molecule has 3 heterocycles. The number of likely N-dealkylation sites (tertiary alicyclic amines) is 1. The van der Waals surface area contributed by atoms with Crippen molar-refractivity contribution in [2.45, 2.75) is 65.5 Å². The van der Waals surface area contributed by atoms with Crippen LogP contribution in [0.4, 0.5) is 0 Å². The molecule has 3 N–H and O–H groups in total. The predicted octanol–water partition coefficient (Wildman–Crippen LogP) is 3.95. The smallest absolute Gasteiger partial charge is 0.274 e. The van der Waals surface area contributed by atoms with Crippen LogP contribution in [0.25, 0.3) is 0 Å². The lowest BCUT2D eigenvalue weighted by Gasteiger charge is -2.29. The van der Waals surface area contributed by atoms with Gasteiger partial charge in [-0.15, -0.1) is 0 Å². The molecule has 0 saturated carbocycles. The van der Waals surface area contributed by atoms with E-state index in [4.69, 9.17) is 10.8 Å². The number of fused-ring (bicyclic) bond motifs is 1. The quantitative estimate of drug-likeness (QED) is 0.323. The fourth-order valence-corrected chi connectivity index (χ4v) is 4.19. The molecule has 1 atom stereocenters. The maximum absolute atomic E-state index is 12.7. The van der Waals surface area contributed by atoms with E-state index in [-0.39, 0.29) is 23.6 Å². The number of allylic oxidation sites excluding steroid dienone is 3. The number of amidine groups is 2. The van der Waals surface area contributed by atoms with Crippen molar-refractivity contribution in [3.63, 3.8) is 0 Å². The van der Waals surface area contributed by atoms with E-state index in [0.29, 0.717) is 43.3 Å². The van der Waals surface area contributed by atoms with Gasteiger partial charge in [-0.25, -0.2) is 0 Å². The molecule has 0 radical (unpaired) electrons. The third-order valence-corrected chi connectivity index (χ3v) is 6.21. The van der Waals surface area contributed by atoms with Crippen molar-refractivity contribution in [1.29, 1.82) is 10.8 Å². The van der Waals surface area contributed by atoms with Crippen LogP contribution in [0.15, 0.2) is 48.3 Å². The molecule has 2 aliphatic rings. The highest BCUT2D eigenvalue weighted by molar-refractivity contribution is 6.07. The minimum absolute atomic E-state index is 0.141. The Balaban J connectivity index is 1.59. The van der Waals surface area contributed by atoms with Gasteiger partial charge in [0, 0.05) is 43.9 Å². The number of nitrogens with zero attached hydrogens (tertiary/aromatic N) is 3. The van der Waals surface area contributed by atoms with Crippen LogP contribution >= 0.6 is 0 Å². The Kier molecular flexibility index (Phi) is 8.15. The Hall–Kier alpha value is -3.55. The monoisotopic (exact) mass is 462 g/mol. The van der Waals surface area contributed by atoms with Gasteiger partial charge in [0.15, 0.2) is 0 Å². The summed E-state index contributed by atoms with van der Waals surface area (Å²) in [5.74, 6) is 0.574. The van der Waals surface area contributed by atoms with Crippen molar-refractivity contribution in [1.82, 2.24) is 20.1 Å². The van der Waals surface area contributed by atoms with Gasteiger partial charge in [-0.05, 0) is 62.0 Å². The number of rotatable bonds is 7. The normalized spacial score (nSPS) is 18.3. The van der Waals surface area contributed by atoms with Crippen LogP contribution in [0.5, 0.6) is 0 Å². The molecule has 0 spiro atoms. The van der Waals surface area contributed by atoms with Gasteiger partial charge in [0.05, 0.1) is 0 Å². The third kappa shape index (κ3) is 5.87. The van der Waals surface area contributed by atoms with Crippen molar-refractivity contribution in [3.8, 4) is 0 Å². The maximum Gasteiger partial charge on any atom is 0.274 e. The molecule has 1 fully saturated rings. The van der Waals surface area contributed by atoms with Crippen molar-refractivity contribution in [2.75, 3.05) is 6.54 Å². The average Bonchev–Trinajstić information content (AvgIpc) is 3.15. The van der Waals surface area contributed by atoms with Crippen molar-refractivity contribution in [2.24, 2.45) is 0 Å². The highest BCUT2D eigenvalue weighted by atomic mass is 16.2. The molecule has 1 aromatic rings. The number of hydrogen-bond donors (Lipinski definition) is 3. The molecular formula is C26H34N6O2. The summed E-state index contributed by atoms with van der Waals surface area (Å²) < 4.78 is 0. The molecule has 2 aliphatic heterocycles. The van der Waals surface area contributed by atoms with Gasteiger partial charge >= 0.3 is 0 Å². The molecule has 3 rings (SSSR count). The molecule has 1 saturated heterocycles. The molecule has 0 aromatic carbocycles. The molecule has 0 aliphatic carbocycles. The van der Waals surface area contributed by atoms with Gasteiger partial charge in [0.1, 0.15) is 17.4 Å². The van der Waals surface area contributed by atoms with E-state index in [1.807, 2.05) is 25.7 Å². The van der Waals surface area contributed by atoms with Crippen molar-refractivity contribution >= 4 is 23.5 Å². The lowest BCUT2D eigenvalue weighted by Crippen LogP contribution is -2.36. The zero-order valence-electron chi connectivity index (χ0n) is 20.3. The lowest BCUT2D eigenvalue weighted by molar-refractivity contribution is -0.132. The molecule has 0 bridgehead atoms. The Morgan fingerprint density at radius 2 is 2.09 bits per heavy atom. The largest absolute Gasteiger partial charge is 0.338 e. The van der Waals surface area contributed by atoms with Gasteiger partial charge in [0.2, 0.25) is 5.91 Å². The van der Waals surface area contributed by atoms with Gasteiger partial charge in [-0.1, -0.05) is 25.7 Å². The standard InChI is InChI=1S/C26H34N6O2/c1-5-7-24(33)31-13-12-20-15-29-22(14-21(20)16-31)26(34)30-18(3)9-6-8-17(2)25(28)32-19(4)10-11-23(32)27/h6,8-9,14-15,19,27-28H,3,5,7,10-13,16H2,1-2,4H3,(H,30,34)/b9-6-,17-8+,27-23?,28-25?. The van der Waals surface area contributed by atoms with E-state index in [9.17, 15) is 9.59 Å². The lowest BCUT2D eigenvalue weighted by atomic mass is 10.0. The summed E-state index contributed by atoms with van der Waals surface area (Å²) in [6, 6.07) is 1.91. The Morgan fingerprint density at radius 1 is 1.32 bits per heavy atom. The minimum atomic E-state index is -0.359. The third-order valence-electron chi connectivity index (χ3n) is 6.21. The summed E-state index contributed by atoms with van der Waals surface area (Å²) in [6.07, 6.45) is 10.6. The number of pyridine rings is 1. The second-order valence-corrected chi connectivity index (χ2v) is 8.89. The van der Waals surface area contributed by atoms with Crippen LogP contribution in [0.3, 0.4) is 0 Å². The average molecular weight is 463 g/mol. The summed E-state index contributed by atoms with van der Waals surface area (Å²) in [5.41, 5.74) is 3.44. The first-order chi connectivity index (χ1) is 16.2. The number of aromatic nitrogens is 1. The van der Waals surface area contributed by atoms with Gasteiger partial charge in [-0.2, -0.15) is 0 Å². The van der Waals surface area contributed by atoms with Gasteiger partial charge in [0.25, 0.3) is 5.91 Å². The number of nitrogens with one attached hydrogen (secondary N) is 3. The number of carbonyl (C=O) groups is 2. The molecular weight excluding hydrogens is 428 g/mol. The predicted molar refractivity (Wildman–Crippen MR) is 134 cm³/mol. The topological polar surface area (TPSA) is 113 Å². The van der Waals surface area contributed by atoms with Crippen LogP contribution in [-0.4, -0.2) is 50.9 Å². The van der Waals surface area contributed by atoms with Crippen molar-refractivity contribution < 1.29 is 9.59 Å². The first kappa shape index (κ1) is 25.1. The Labute approximate surface area is 201 Å². The van der Waals surface area contributed by atoms with E-state index in [0.717, 1.165) is 36.0 Å². The molecule has 1 aromatic heterocycles. The second kappa shape index (κ2) is 11.0. The van der Waals surface area contributed by atoms with E-state index in [2.05, 4.69) is 16.9 Å². The highest BCUT2D eigenvalue weighted by Crippen LogP contribution is 2.21. The Morgan fingerprint density at radius 3 is 2.76 bits per heavy atom. The molecule has 180 valence electrons. The number of hydrogen-bond acceptors (Lipinski definition) is 5. The highest BCUT2D eigenvalue weighted by Gasteiger charge is 2.28. The first-order valence-electron chi connectivity index (χ1n) is 11.8. The number of amides is 2. The molecule has 8 heteroatoms. The molecule has 1 unspecified atom stereocenters. The number of carbonyl (C=O) groups excluding carboxylic acids is 2. The Bertz CT molecular complexity index is 1070. The van der Waals surface area contributed by atoms with E-state index in [1.54, 1.807) is 35.4 Å². The summed E-state index contributed by atoms with van der Waals surface area (Å²) in [7, 11) is 0. The molecule has 34 heavy (non-hydrogen) atoms. The van der Waals surface area contributed by atoms with E-state index >= 15 is 0 Å². The minimum Gasteiger partial charge on any atom is -0.338 e. The zero-order valence-corrected chi connectivity index (χ0v) is 20.3. The summed E-state index contributed by atoms with van der Waals surface area (Å²) >= 11 is 0. The van der Waals surface area contributed by atoms with Crippen LogP contribution in [-0.2, 0) is 17.8 Å². The van der Waals surface area contributed by atoms with Crippen LogP contribution in [0.2, 0.25) is 0 Å². The summed E-state index contributed by atoms with van der Waals surface area (Å²) in [4.78, 5) is 32.8. The van der Waals surface area contributed by atoms with Crippen LogP contribution in [0, 0.1) is 10.8 Å².